The summed E-state index contributed by atoms with van der Waals surface area (Å²) in [5.74, 6) is 1.49. The van der Waals surface area contributed by atoms with E-state index in [1.54, 1.807) is 7.11 Å². The number of ether oxygens (including phenoxy) is 2. The fourth-order valence-corrected chi connectivity index (χ4v) is 1.56. The molecule has 2 nitrogen and oxygen atoms in total. The minimum Gasteiger partial charge on any atom is -0.497 e. The lowest BCUT2D eigenvalue weighted by Gasteiger charge is -2.11. The fraction of sp³-hybridized carbons (Fsp3) is 0.455. The van der Waals surface area contributed by atoms with Crippen LogP contribution in [0.5, 0.6) is 11.5 Å². The van der Waals surface area contributed by atoms with Crippen LogP contribution in [0, 0.1) is 0 Å². The summed E-state index contributed by atoms with van der Waals surface area (Å²) in [6.45, 7) is 4.59. The minimum absolute atomic E-state index is 0.607. The molecule has 3 heteroatoms. The summed E-state index contributed by atoms with van der Waals surface area (Å²) in [5, 5.41) is 0.690. The summed E-state index contributed by atoms with van der Waals surface area (Å²) in [6, 6.07) is 3.75. The maximum Gasteiger partial charge on any atom is 0.141 e. The molecule has 0 unspecified atom stereocenters. The highest BCUT2D eigenvalue weighted by Gasteiger charge is 2.08. The van der Waals surface area contributed by atoms with Crippen LogP contribution < -0.4 is 9.47 Å². The Balaban J connectivity index is 3.12. The zero-order valence-electron chi connectivity index (χ0n) is 8.76. The minimum atomic E-state index is 0.607. The van der Waals surface area contributed by atoms with Crippen molar-refractivity contribution in [2.24, 2.45) is 0 Å². The van der Waals surface area contributed by atoms with E-state index in [0.717, 1.165) is 17.7 Å². The van der Waals surface area contributed by atoms with Gasteiger partial charge in [0.15, 0.2) is 0 Å². The molecule has 78 valence electrons. The van der Waals surface area contributed by atoms with E-state index in [2.05, 4.69) is 6.92 Å². The number of hydrogen-bond donors (Lipinski definition) is 0. The van der Waals surface area contributed by atoms with E-state index in [1.807, 2.05) is 19.1 Å². The molecule has 1 rings (SSSR count). The van der Waals surface area contributed by atoms with Crippen molar-refractivity contribution in [3.05, 3.63) is 22.7 Å². The van der Waals surface area contributed by atoms with Gasteiger partial charge in [0.1, 0.15) is 11.5 Å². The lowest BCUT2D eigenvalue weighted by atomic mass is 10.1. The van der Waals surface area contributed by atoms with Gasteiger partial charge in [-0.25, -0.2) is 0 Å². The van der Waals surface area contributed by atoms with Crippen molar-refractivity contribution in [1.29, 1.82) is 0 Å². The molecule has 0 fully saturated rings. The molecule has 0 heterocycles. The van der Waals surface area contributed by atoms with Gasteiger partial charge in [-0.05, 0) is 25.0 Å². The van der Waals surface area contributed by atoms with Crippen LogP contribution in [0.2, 0.25) is 5.02 Å². The van der Waals surface area contributed by atoms with Crippen molar-refractivity contribution >= 4 is 11.6 Å². The molecule has 14 heavy (non-hydrogen) atoms. The Bertz CT molecular complexity index is 310. The maximum atomic E-state index is 6.14. The number of hydrogen-bond acceptors (Lipinski definition) is 2. The first-order valence-electron chi connectivity index (χ1n) is 4.72. The van der Waals surface area contributed by atoms with E-state index in [-0.39, 0.29) is 0 Å². The zero-order valence-corrected chi connectivity index (χ0v) is 9.52. The molecule has 1 aromatic carbocycles. The van der Waals surface area contributed by atoms with Gasteiger partial charge in [0.05, 0.1) is 18.7 Å². The monoisotopic (exact) mass is 214 g/mol. The van der Waals surface area contributed by atoms with Crippen molar-refractivity contribution < 1.29 is 9.47 Å². The molecule has 0 aliphatic rings. The van der Waals surface area contributed by atoms with Crippen molar-refractivity contribution in [2.45, 2.75) is 20.3 Å². The van der Waals surface area contributed by atoms with Crippen LogP contribution in [0.15, 0.2) is 12.1 Å². The van der Waals surface area contributed by atoms with Crippen LogP contribution >= 0.6 is 11.6 Å². The van der Waals surface area contributed by atoms with Crippen molar-refractivity contribution in [1.82, 2.24) is 0 Å². The lowest BCUT2D eigenvalue weighted by molar-refractivity contribution is 0.336. The predicted molar refractivity (Wildman–Crippen MR) is 58.6 cm³/mol. The van der Waals surface area contributed by atoms with E-state index >= 15 is 0 Å². The van der Waals surface area contributed by atoms with Gasteiger partial charge in [-0.2, -0.15) is 0 Å². The largest absolute Gasteiger partial charge is 0.497 e. The summed E-state index contributed by atoms with van der Waals surface area (Å²) in [6.07, 6.45) is 0.871. The first-order chi connectivity index (χ1) is 6.72. The molecule has 0 saturated carbocycles. The molecule has 1 aromatic rings. The summed E-state index contributed by atoms with van der Waals surface area (Å²) in [7, 11) is 1.64. The Kier molecular flexibility index (Phi) is 4.08. The lowest BCUT2D eigenvalue weighted by Crippen LogP contribution is -1.96. The van der Waals surface area contributed by atoms with Gasteiger partial charge in [0.25, 0.3) is 0 Å². The Hall–Kier alpha value is -0.890. The summed E-state index contributed by atoms with van der Waals surface area (Å²) in [4.78, 5) is 0. The second-order valence-electron chi connectivity index (χ2n) is 2.89. The second kappa shape index (κ2) is 5.11. The standard InChI is InChI=1S/C11H15ClO2/c1-4-8-6-9(13-3)7-10(11(8)12)14-5-2/h6-7H,4-5H2,1-3H3. The van der Waals surface area contributed by atoms with Crippen LogP contribution in [0.3, 0.4) is 0 Å². The molecule has 0 aliphatic heterocycles. The van der Waals surface area contributed by atoms with Crippen LogP contribution in [0.1, 0.15) is 19.4 Å². The van der Waals surface area contributed by atoms with Gasteiger partial charge < -0.3 is 9.47 Å². The van der Waals surface area contributed by atoms with Crippen LogP contribution in [-0.2, 0) is 6.42 Å². The number of halogens is 1. The SMILES string of the molecule is CCOc1cc(OC)cc(CC)c1Cl. The highest BCUT2D eigenvalue weighted by molar-refractivity contribution is 6.32. The van der Waals surface area contributed by atoms with E-state index in [4.69, 9.17) is 21.1 Å². The molecule has 0 atom stereocenters. The Labute approximate surface area is 89.8 Å². The number of aryl methyl sites for hydroxylation is 1. The van der Waals surface area contributed by atoms with Crippen LogP contribution in [0.4, 0.5) is 0 Å². The third-order valence-electron chi connectivity index (χ3n) is 2.00. The highest BCUT2D eigenvalue weighted by Crippen LogP contribution is 2.33. The van der Waals surface area contributed by atoms with Crippen molar-refractivity contribution in [3.63, 3.8) is 0 Å². The van der Waals surface area contributed by atoms with Gasteiger partial charge in [-0.3, -0.25) is 0 Å². The first-order valence-corrected chi connectivity index (χ1v) is 5.09. The third-order valence-corrected chi connectivity index (χ3v) is 2.43. The Morgan fingerprint density at radius 3 is 2.50 bits per heavy atom. The second-order valence-corrected chi connectivity index (χ2v) is 3.26. The Morgan fingerprint density at radius 1 is 1.29 bits per heavy atom. The third kappa shape index (κ3) is 2.32. The molecule has 0 bridgehead atoms. The average Bonchev–Trinajstić information content (AvgIpc) is 2.21. The summed E-state index contributed by atoms with van der Waals surface area (Å²) in [5.41, 5.74) is 1.05. The maximum absolute atomic E-state index is 6.14. The molecule has 0 radical (unpaired) electrons. The van der Waals surface area contributed by atoms with Crippen molar-refractivity contribution in [2.75, 3.05) is 13.7 Å². The quantitative estimate of drug-likeness (QED) is 0.766. The molecular formula is C11H15ClO2. The normalized spacial score (nSPS) is 10.0. The zero-order chi connectivity index (χ0) is 10.6. The van der Waals surface area contributed by atoms with E-state index in [1.165, 1.54) is 0 Å². The van der Waals surface area contributed by atoms with Gasteiger partial charge >= 0.3 is 0 Å². The van der Waals surface area contributed by atoms with Gasteiger partial charge in [-0.1, -0.05) is 18.5 Å². The topological polar surface area (TPSA) is 18.5 Å². The molecule has 0 saturated heterocycles. The van der Waals surface area contributed by atoms with Crippen LogP contribution in [0.25, 0.3) is 0 Å². The smallest absolute Gasteiger partial charge is 0.141 e. The summed E-state index contributed by atoms with van der Waals surface area (Å²) >= 11 is 6.14. The first kappa shape index (κ1) is 11.2. The number of benzene rings is 1. The molecule has 0 N–H and O–H groups in total. The van der Waals surface area contributed by atoms with Gasteiger partial charge in [0.2, 0.25) is 0 Å². The Morgan fingerprint density at radius 2 is 2.00 bits per heavy atom. The number of methoxy groups -OCH3 is 1. The number of rotatable bonds is 4. The predicted octanol–water partition coefficient (Wildman–Crippen LogP) is 3.31. The molecule has 0 spiro atoms. The molecule has 0 aliphatic carbocycles. The molecular weight excluding hydrogens is 200 g/mol. The van der Waals surface area contributed by atoms with Gasteiger partial charge in [-0.15, -0.1) is 0 Å². The molecule has 0 aromatic heterocycles. The summed E-state index contributed by atoms with van der Waals surface area (Å²) < 4.78 is 10.6. The van der Waals surface area contributed by atoms with Gasteiger partial charge in [0, 0.05) is 6.07 Å². The van der Waals surface area contributed by atoms with Crippen molar-refractivity contribution in [3.8, 4) is 11.5 Å². The van der Waals surface area contributed by atoms with E-state index in [0.29, 0.717) is 17.4 Å². The molecule has 0 amide bonds. The van der Waals surface area contributed by atoms with Crippen LogP contribution in [-0.4, -0.2) is 13.7 Å². The average molecular weight is 215 g/mol. The van der Waals surface area contributed by atoms with E-state index < -0.39 is 0 Å². The van der Waals surface area contributed by atoms with E-state index in [9.17, 15) is 0 Å². The highest BCUT2D eigenvalue weighted by atomic mass is 35.5. The fourth-order valence-electron chi connectivity index (χ4n) is 1.26.